The molecule has 2 aromatic carbocycles. The molecule has 1 aliphatic rings. The fraction of sp³-hybridized carbons (Fsp3) is 0.286. The number of thiophene rings is 1. The monoisotopic (exact) mass is 446 g/mol. The fourth-order valence-electron chi connectivity index (χ4n) is 3.34. The molecule has 0 unspecified atom stereocenters. The van der Waals surface area contributed by atoms with E-state index in [2.05, 4.69) is 4.72 Å². The normalized spacial score (nSPS) is 14.7. The topological polar surface area (TPSA) is 84.9 Å². The van der Waals surface area contributed by atoms with Crippen LogP contribution in [0.25, 0.3) is 10.1 Å². The molecule has 30 heavy (non-hydrogen) atoms. The number of morpholine rings is 1. The van der Waals surface area contributed by atoms with Gasteiger partial charge in [-0.05, 0) is 54.3 Å². The molecular weight excluding hydrogens is 424 g/mol. The Labute approximate surface area is 179 Å². The Hall–Kier alpha value is -2.62. The molecule has 3 aromatic rings. The van der Waals surface area contributed by atoms with Crippen molar-refractivity contribution < 1.29 is 22.7 Å². The van der Waals surface area contributed by atoms with Crippen LogP contribution in [-0.4, -0.2) is 52.6 Å². The first-order valence-electron chi connectivity index (χ1n) is 9.45. The third kappa shape index (κ3) is 4.14. The maximum atomic E-state index is 12.9. The molecule has 0 radical (unpaired) electrons. The second-order valence-corrected chi connectivity index (χ2v) is 9.76. The molecule has 1 aromatic heterocycles. The summed E-state index contributed by atoms with van der Waals surface area (Å²) in [4.78, 5) is 15.2. The molecule has 0 bridgehead atoms. The first kappa shape index (κ1) is 20.6. The van der Waals surface area contributed by atoms with Gasteiger partial charge in [0.05, 0.1) is 25.2 Å². The van der Waals surface area contributed by atoms with Gasteiger partial charge < -0.3 is 14.4 Å². The Morgan fingerprint density at radius 2 is 1.90 bits per heavy atom. The second-order valence-electron chi connectivity index (χ2n) is 7.03. The number of ether oxygens (including phenoxy) is 2. The highest BCUT2D eigenvalue weighted by atomic mass is 32.2. The minimum absolute atomic E-state index is 0.0221. The van der Waals surface area contributed by atoms with Gasteiger partial charge in [-0.3, -0.25) is 9.52 Å². The summed E-state index contributed by atoms with van der Waals surface area (Å²) >= 11 is 1.40. The zero-order valence-corrected chi connectivity index (χ0v) is 18.3. The van der Waals surface area contributed by atoms with Gasteiger partial charge in [-0.1, -0.05) is 6.07 Å². The number of methoxy groups -OCH3 is 1. The summed E-state index contributed by atoms with van der Waals surface area (Å²) in [5.74, 6) is 0.259. The molecule has 0 saturated carbocycles. The zero-order chi connectivity index (χ0) is 21.3. The van der Waals surface area contributed by atoms with Crippen LogP contribution in [0.5, 0.6) is 5.75 Å². The lowest BCUT2D eigenvalue weighted by atomic mass is 10.2. The molecule has 1 saturated heterocycles. The first-order chi connectivity index (χ1) is 14.4. The molecule has 2 heterocycles. The predicted molar refractivity (Wildman–Crippen MR) is 117 cm³/mol. The molecule has 1 aliphatic heterocycles. The predicted octanol–water partition coefficient (Wildman–Crippen LogP) is 3.49. The Kier molecular flexibility index (Phi) is 5.68. The van der Waals surface area contributed by atoms with Gasteiger partial charge in [0.25, 0.3) is 15.9 Å². The lowest BCUT2D eigenvalue weighted by Crippen LogP contribution is -2.40. The standard InChI is InChI=1S/C21H22N2O5S2/c1-14-3-5-17(27-2)20(11-14)30(25,26)22-16-4-6-18-15(12-16)13-19(29-18)21(24)23-7-9-28-10-8-23/h3-6,11-13,22H,7-10H2,1-2H3. The van der Waals surface area contributed by atoms with E-state index >= 15 is 0 Å². The molecule has 0 aliphatic carbocycles. The van der Waals surface area contributed by atoms with Gasteiger partial charge in [0, 0.05) is 23.5 Å². The third-order valence-corrected chi connectivity index (χ3v) is 7.39. The van der Waals surface area contributed by atoms with Gasteiger partial charge >= 0.3 is 0 Å². The maximum absolute atomic E-state index is 12.9. The van der Waals surface area contributed by atoms with Crippen molar-refractivity contribution in [3.8, 4) is 5.75 Å². The quantitative estimate of drug-likeness (QED) is 0.649. The highest BCUT2D eigenvalue weighted by Crippen LogP contribution is 2.31. The van der Waals surface area contributed by atoms with E-state index in [4.69, 9.17) is 9.47 Å². The van der Waals surface area contributed by atoms with Crippen LogP contribution in [0.2, 0.25) is 0 Å². The molecule has 0 atom stereocenters. The molecule has 7 nitrogen and oxygen atoms in total. The summed E-state index contributed by atoms with van der Waals surface area (Å²) in [5, 5.41) is 0.813. The van der Waals surface area contributed by atoms with Gasteiger partial charge in [0.2, 0.25) is 0 Å². The zero-order valence-electron chi connectivity index (χ0n) is 16.7. The number of nitrogens with zero attached hydrogens (tertiary/aromatic N) is 1. The highest BCUT2D eigenvalue weighted by molar-refractivity contribution is 7.92. The van der Waals surface area contributed by atoms with Crippen molar-refractivity contribution in [2.24, 2.45) is 0 Å². The number of benzene rings is 2. The van der Waals surface area contributed by atoms with E-state index in [1.54, 1.807) is 35.2 Å². The minimum atomic E-state index is -3.83. The van der Waals surface area contributed by atoms with E-state index in [1.165, 1.54) is 18.4 Å². The minimum Gasteiger partial charge on any atom is -0.495 e. The highest BCUT2D eigenvalue weighted by Gasteiger charge is 2.22. The van der Waals surface area contributed by atoms with E-state index in [0.29, 0.717) is 36.9 Å². The second kappa shape index (κ2) is 8.25. The van der Waals surface area contributed by atoms with Crippen LogP contribution in [-0.2, 0) is 14.8 Å². The summed E-state index contributed by atoms with van der Waals surface area (Å²) in [5.41, 5.74) is 1.24. The summed E-state index contributed by atoms with van der Waals surface area (Å²) in [6.07, 6.45) is 0. The number of anilines is 1. The maximum Gasteiger partial charge on any atom is 0.265 e. The third-order valence-electron chi connectivity index (χ3n) is 4.89. The number of nitrogens with one attached hydrogen (secondary N) is 1. The Morgan fingerprint density at radius 1 is 1.13 bits per heavy atom. The van der Waals surface area contributed by atoms with Crippen LogP contribution in [0.4, 0.5) is 5.69 Å². The number of sulfonamides is 1. The Balaban J connectivity index is 1.61. The van der Waals surface area contributed by atoms with Gasteiger partial charge in [-0.25, -0.2) is 8.42 Å². The average Bonchev–Trinajstić information content (AvgIpc) is 3.17. The van der Waals surface area contributed by atoms with Crippen LogP contribution in [0.15, 0.2) is 47.4 Å². The molecule has 9 heteroatoms. The Bertz CT molecular complexity index is 1200. The van der Waals surface area contributed by atoms with Crippen molar-refractivity contribution in [2.75, 3.05) is 38.1 Å². The number of hydrogen-bond acceptors (Lipinski definition) is 6. The van der Waals surface area contributed by atoms with Gasteiger partial charge in [-0.15, -0.1) is 11.3 Å². The molecule has 4 rings (SSSR count). The SMILES string of the molecule is COc1ccc(C)cc1S(=O)(=O)Nc1ccc2sc(C(=O)N3CCOCC3)cc2c1. The number of fused-ring (bicyclic) bond motifs is 1. The molecule has 1 N–H and O–H groups in total. The number of amides is 1. The summed E-state index contributed by atoms with van der Waals surface area (Å²) in [6.45, 7) is 4.08. The van der Waals surface area contributed by atoms with Crippen molar-refractivity contribution in [1.29, 1.82) is 0 Å². The van der Waals surface area contributed by atoms with E-state index < -0.39 is 10.0 Å². The van der Waals surface area contributed by atoms with Crippen molar-refractivity contribution in [1.82, 2.24) is 4.90 Å². The van der Waals surface area contributed by atoms with Gasteiger partial charge in [-0.2, -0.15) is 0 Å². The largest absolute Gasteiger partial charge is 0.495 e. The molecular formula is C21H22N2O5S2. The van der Waals surface area contributed by atoms with E-state index in [1.807, 2.05) is 19.1 Å². The van der Waals surface area contributed by atoms with Crippen LogP contribution in [0, 0.1) is 6.92 Å². The van der Waals surface area contributed by atoms with E-state index in [9.17, 15) is 13.2 Å². The van der Waals surface area contributed by atoms with E-state index in [-0.39, 0.29) is 16.6 Å². The molecule has 1 amide bonds. The molecule has 158 valence electrons. The molecule has 0 spiro atoms. The van der Waals surface area contributed by atoms with Crippen molar-refractivity contribution in [3.05, 3.63) is 52.9 Å². The Morgan fingerprint density at radius 3 is 2.63 bits per heavy atom. The van der Waals surface area contributed by atoms with E-state index in [0.717, 1.165) is 15.6 Å². The van der Waals surface area contributed by atoms with Crippen LogP contribution < -0.4 is 9.46 Å². The fourth-order valence-corrected chi connectivity index (χ4v) is 5.65. The summed E-state index contributed by atoms with van der Waals surface area (Å²) in [6, 6.07) is 12.1. The summed E-state index contributed by atoms with van der Waals surface area (Å²) < 4.78 is 39.9. The van der Waals surface area contributed by atoms with Gasteiger partial charge in [0.15, 0.2) is 0 Å². The number of hydrogen-bond donors (Lipinski definition) is 1. The first-order valence-corrected chi connectivity index (χ1v) is 11.8. The van der Waals surface area contributed by atoms with Crippen LogP contribution in [0.1, 0.15) is 15.2 Å². The van der Waals surface area contributed by atoms with Gasteiger partial charge in [0.1, 0.15) is 10.6 Å². The summed E-state index contributed by atoms with van der Waals surface area (Å²) in [7, 11) is -2.40. The van der Waals surface area contributed by atoms with Crippen molar-refractivity contribution in [2.45, 2.75) is 11.8 Å². The van der Waals surface area contributed by atoms with Crippen LogP contribution >= 0.6 is 11.3 Å². The van der Waals surface area contributed by atoms with Crippen molar-refractivity contribution in [3.63, 3.8) is 0 Å². The lowest BCUT2D eigenvalue weighted by Gasteiger charge is -2.26. The number of carbonyl (C=O) groups excluding carboxylic acids is 1. The molecule has 1 fully saturated rings. The lowest BCUT2D eigenvalue weighted by molar-refractivity contribution is 0.0306. The number of aryl methyl sites for hydroxylation is 1. The van der Waals surface area contributed by atoms with Crippen molar-refractivity contribution >= 4 is 43.0 Å². The number of rotatable bonds is 5. The smallest absolute Gasteiger partial charge is 0.265 e. The average molecular weight is 447 g/mol. The van der Waals surface area contributed by atoms with Crippen LogP contribution in [0.3, 0.4) is 0 Å². The number of carbonyl (C=O) groups is 1.